The fourth-order valence-electron chi connectivity index (χ4n) is 3.83. The maximum atomic E-state index is 13.2. The molecule has 0 aromatic carbocycles. The third-order valence-corrected chi connectivity index (χ3v) is 6.07. The van der Waals surface area contributed by atoms with Crippen LogP contribution in [0.4, 0.5) is 0 Å². The van der Waals surface area contributed by atoms with Crippen LogP contribution in [0, 0.1) is 13.8 Å². The topological polar surface area (TPSA) is 50.5 Å². The zero-order chi connectivity index (χ0) is 18.1. The van der Waals surface area contributed by atoms with Gasteiger partial charge in [-0.2, -0.15) is 5.10 Å². The normalized spacial score (nSPS) is 17.8. The Morgan fingerprint density at radius 3 is 3.00 bits per heavy atom. The maximum absolute atomic E-state index is 13.2. The van der Waals surface area contributed by atoms with E-state index in [-0.39, 0.29) is 5.91 Å². The number of nitrogens with zero attached hydrogens (tertiary/aromatic N) is 4. The number of fused-ring (bicyclic) bond motifs is 1. The third-order valence-electron chi connectivity index (χ3n) is 5.14. The minimum Gasteiger partial charge on any atom is -0.334 e. The minimum absolute atomic E-state index is 0.0605. The number of hydrogen-bond donors (Lipinski definition) is 0. The van der Waals surface area contributed by atoms with Crippen LogP contribution in [0.1, 0.15) is 52.4 Å². The summed E-state index contributed by atoms with van der Waals surface area (Å²) in [6.07, 6.45) is 5.43. The van der Waals surface area contributed by atoms with E-state index in [4.69, 9.17) is 0 Å². The zero-order valence-electron chi connectivity index (χ0n) is 15.3. The molecule has 3 aromatic rings. The summed E-state index contributed by atoms with van der Waals surface area (Å²) >= 11 is 1.80. The lowest BCUT2D eigenvalue weighted by Gasteiger charge is -2.35. The highest BCUT2D eigenvalue weighted by atomic mass is 32.1. The molecule has 3 aromatic heterocycles. The monoisotopic (exact) mass is 368 g/mol. The second-order valence-electron chi connectivity index (χ2n) is 7.10. The summed E-state index contributed by atoms with van der Waals surface area (Å²) in [5.41, 5.74) is 3.14. The van der Waals surface area contributed by atoms with E-state index in [0.717, 1.165) is 49.3 Å². The summed E-state index contributed by atoms with van der Waals surface area (Å²) in [5.74, 6) is 0.0605. The number of aromatic nitrogens is 3. The molecule has 1 atom stereocenters. The zero-order valence-corrected chi connectivity index (χ0v) is 16.1. The van der Waals surface area contributed by atoms with Crippen LogP contribution in [0.5, 0.6) is 0 Å². The van der Waals surface area contributed by atoms with Crippen molar-refractivity contribution in [3.63, 3.8) is 0 Å². The Morgan fingerprint density at radius 2 is 2.19 bits per heavy atom. The van der Waals surface area contributed by atoms with Gasteiger partial charge in [-0.15, -0.1) is 11.3 Å². The Morgan fingerprint density at radius 1 is 1.31 bits per heavy atom. The number of hydrogen-bond acceptors (Lipinski definition) is 4. The Bertz CT molecular complexity index is 915. The van der Waals surface area contributed by atoms with Crippen molar-refractivity contribution in [2.45, 2.75) is 52.0 Å². The summed E-state index contributed by atoms with van der Waals surface area (Å²) < 4.78 is 1.80. The van der Waals surface area contributed by atoms with Gasteiger partial charge in [-0.05, 0) is 63.5 Å². The molecule has 6 heteroatoms. The van der Waals surface area contributed by atoms with Crippen molar-refractivity contribution in [2.24, 2.45) is 0 Å². The lowest BCUT2D eigenvalue weighted by Crippen LogP contribution is -2.44. The van der Waals surface area contributed by atoms with Gasteiger partial charge < -0.3 is 4.90 Å². The number of thiophene rings is 1. The van der Waals surface area contributed by atoms with Gasteiger partial charge >= 0.3 is 0 Å². The van der Waals surface area contributed by atoms with Gasteiger partial charge in [0.05, 0.1) is 5.69 Å². The molecule has 0 aliphatic carbocycles. The maximum Gasteiger partial charge on any atom is 0.272 e. The van der Waals surface area contributed by atoms with E-state index < -0.39 is 0 Å². The highest BCUT2D eigenvalue weighted by molar-refractivity contribution is 7.09. The van der Waals surface area contributed by atoms with Crippen molar-refractivity contribution in [3.05, 3.63) is 51.6 Å². The molecule has 0 spiro atoms. The van der Waals surface area contributed by atoms with Gasteiger partial charge in [0.15, 0.2) is 5.65 Å². The predicted molar refractivity (Wildman–Crippen MR) is 104 cm³/mol. The standard InChI is InChI=1S/C20H24N4OS/c1-14-12-19-21-18(13-15(2)24(19)22-14)20(25)23-10-4-3-6-16(23)8-9-17-7-5-11-26-17/h5,7,11-13,16H,3-4,6,8-10H2,1-2H3/t16-/m1/s1. The van der Waals surface area contributed by atoms with Gasteiger partial charge in [0, 0.05) is 29.2 Å². The minimum atomic E-state index is 0.0605. The Kier molecular flexibility index (Phi) is 4.76. The van der Waals surface area contributed by atoms with E-state index in [1.165, 1.54) is 11.3 Å². The van der Waals surface area contributed by atoms with E-state index in [9.17, 15) is 4.79 Å². The smallest absolute Gasteiger partial charge is 0.272 e. The Labute approximate surface area is 157 Å². The fourth-order valence-corrected chi connectivity index (χ4v) is 4.55. The van der Waals surface area contributed by atoms with Crippen molar-refractivity contribution in [2.75, 3.05) is 6.54 Å². The molecule has 1 amide bonds. The second-order valence-corrected chi connectivity index (χ2v) is 8.14. The lowest BCUT2D eigenvalue weighted by atomic mass is 9.97. The van der Waals surface area contributed by atoms with Crippen LogP contribution < -0.4 is 0 Å². The lowest BCUT2D eigenvalue weighted by molar-refractivity contribution is 0.0596. The molecule has 0 saturated carbocycles. The van der Waals surface area contributed by atoms with Crippen molar-refractivity contribution in [3.8, 4) is 0 Å². The molecular weight excluding hydrogens is 344 g/mol. The number of carbonyl (C=O) groups is 1. The number of aryl methyl sites for hydroxylation is 3. The second kappa shape index (κ2) is 7.19. The summed E-state index contributed by atoms with van der Waals surface area (Å²) in [6.45, 7) is 4.75. The van der Waals surface area contributed by atoms with Crippen molar-refractivity contribution < 1.29 is 4.79 Å². The average molecular weight is 369 g/mol. The number of likely N-dealkylation sites (tertiary alicyclic amines) is 1. The average Bonchev–Trinajstić information content (AvgIpc) is 3.28. The molecule has 0 radical (unpaired) electrons. The molecule has 1 aliphatic rings. The molecular formula is C20H24N4OS. The molecule has 5 nitrogen and oxygen atoms in total. The summed E-state index contributed by atoms with van der Waals surface area (Å²) in [7, 11) is 0. The first-order valence-corrected chi connectivity index (χ1v) is 10.2. The van der Waals surface area contributed by atoms with Gasteiger partial charge in [0.25, 0.3) is 5.91 Å². The first-order chi connectivity index (χ1) is 12.6. The molecule has 1 saturated heterocycles. The van der Waals surface area contributed by atoms with Crippen LogP contribution in [0.15, 0.2) is 29.6 Å². The van der Waals surface area contributed by atoms with Gasteiger partial charge in [0.1, 0.15) is 5.69 Å². The summed E-state index contributed by atoms with van der Waals surface area (Å²) in [6, 6.07) is 8.38. The van der Waals surface area contributed by atoms with E-state index >= 15 is 0 Å². The quantitative estimate of drug-likeness (QED) is 0.698. The number of piperidine rings is 1. The van der Waals surface area contributed by atoms with E-state index in [1.807, 2.05) is 26.0 Å². The first-order valence-electron chi connectivity index (χ1n) is 9.29. The molecule has 1 fully saturated rings. The SMILES string of the molecule is Cc1cc2nc(C(=O)N3CCCC[C@@H]3CCc3cccs3)cc(C)n2n1. The van der Waals surface area contributed by atoms with Crippen LogP contribution in [0.2, 0.25) is 0 Å². The molecule has 0 unspecified atom stereocenters. The van der Waals surface area contributed by atoms with Gasteiger partial charge in [-0.25, -0.2) is 9.50 Å². The summed E-state index contributed by atoms with van der Waals surface area (Å²) in [5, 5.41) is 6.55. The predicted octanol–water partition coefficient (Wildman–Crippen LogP) is 4.04. The fraction of sp³-hybridized carbons (Fsp3) is 0.450. The van der Waals surface area contributed by atoms with Gasteiger partial charge in [0.2, 0.25) is 0 Å². The van der Waals surface area contributed by atoms with Crippen LogP contribution in [-0.4, -0.2) is 38.0 Å². The highest BCUT2D eigenvalue weighted by Gasteiger charge is 2.28. The highest BCUT2D eigenvalue weighted by Crippen LogP contribution is 2.24. The third kappa shape index (κ3) is 3.38. The molecule has 136 valence electrons. The first kappa shape index (κ1) is 17.2. The summed E-state index contributed by atoms with van der Waals surface area (Å²) in [4.78, 5) is 21.2. The van der Waals surface area contributed by atoms with Crippen molar-refractivity contribution >= 4 is 22.9 Å². The van der Waals surface area contributed by atoms with Crippen LogP contribution >= 0.6 is 11.3 Å². The number of carbonyl (C=O) groups excluding carboxylic acids is 1. The van der Waals surface area contributed by atoms with E-state index in [2.05, 4.69) is 32.5 Å². The van der Waals surface area contributed by atoms with E-state index in [1.54, 1.807) is 15.9 Å². The van der Waals surface area contributed by atoms with Crippen molar-refractivity contribution in [1.82, 2.24) is 19.5 Å². The Hall–Kier alpha value is -2.21. The molecule has 0 bridgehead atoms. The van der Waals surface area contributed by atoms with Crippen LogP contribution in [0.3, 0.4) is 0 Å². The molecule has 4 heterocycles. The Balaban J connectivity index is 1.56. The molecule has 1 aliphatic heterocycles. The van der Waals surface area contributed by atoms with E-state index in [0.29, 0.717) is 11.7 Å². The van der Waals surface area contributed by atoms with Gasteiger partial charge in [-0.1, -0.05) is 6.07 Å². The van der Waals surface area contributed by atoms with Crippen LogP contribution in [-0.2, 0) is 6.42 Å². The molecule has 26 heavy (non-hydrogen) atoms. The number of rotatable bonds is 4. The van der Waals surface area contributed by atoms with Crippen molar-refractivity contribution in [1.29, 1.82) is 0 Å². The largest absolute Gasteiger partial charge is 0.334 e. The number of amides is 1. The molecule has 0 N–H and O–H groups in total. The molecule has 4 rings (SSSR count). The van der Waals surface area contributed by atoms with Gasteiger partial charge in [-0.3, -0.25) is 4.79 Å². The van der Waals surface area contributed by atoms with Crippen LogP contribution in [0.25, 0.3) is 5.65 Å².